The Morgan fingerprint density at radius 1 is 1.06 bits per heavy atom. The SMILES string of the molecule is COC(CCNC(=O)OCC1c2ccccc2-c2ccccc21)C(=O)N1CCCC[C@@H]1C(=O)O. The molecule has 1 unspecified atom stereocenters. The van der Waals surface area contributed by atoms with Crippen molar-refractivity contribution in [2.45, 2.75) is 43.7 Å². The molecule has 2 atom stereocenters. The van der Waals surface area contributed by atoms with Gasteiger partial charge in [0.05, 0.1) is 0 Å². The summed E-state index contributed by atoms with van der Waals surface area (Å²) in [6.45, 7) is 0.780. The van der Waals surface area contributed by atoms with Crippen molar-refractivity contribution < 1.29 is 29.0 Å². The van der Waals surface area contributed by atoms with E-state index in [0.29, 0.717) is 13.0 Å². The number of piperidine rings is 1. The molecule has 2 aromatic carbocycles. The fourth-order valence-electron chi connectivity index (χ4n) is 4.93. The van der Waals surface area contributed by atoms with Gasteiger partial charge in [-0.2, -0.15) is 0 Å². The maximum absolute atomic E-state index is 12.8. The lowest BCUT2D eigenvalue weighted by Gasteiger charge is -2.35. The number of carbonyl (C=O) groups is 3. The van der Waals surface area contributed by atoms with Crippen LogP contribution in [-0.4, -0.2) is 66.9 Å². The molecule has 0 aromatic heterocycles. The molecule has 180 valence electrons. The summed E-state index contributed by atoms with van der Waals surface area (Å²) in [6.07, 6.45) is 0.822. The number of carboxylic acids is 1. The third-order valence-corrected chi connectivity index (χ3v) is 6.65. The molecule has 1 aliphatic carbocycles. The number of methoxy groups -OCH3 is 1. The van der Waals surface area contributed by atoms with E-state index < -0.39 is 24.2 Å². The number of rotatable bonds is 8. The minimum atomic E-state index is -1.00. The van der Waals surface area contributed by atoms with Crippen molar-refractivity contribution in [1.29, 1.82) is 0 Å². The maximum atomic E-state index is 12.8. The molecule has 2 aliphatic rings. The van der Waals surface area contributed by atoms with Crippen LogP contribution in [0.2, 0.25) is 0 Å². The Hall–Kier alpha value is -3.39. The zero-order valence-electron chi connectivity index (χ0n) is 19.2. The second-order valence-corrected chi connectivity index (χ2v) is 8.65. The predicted molar refractivity (Wildman–Crippen MR) is 125 cm³/mol. The highest BCUT2D eigenvalue weighted by molar-refractivity contribution is 5.86. The van der Waals surface area contributed by atoms with Crippen molar-refractivity contribution in [3.8, 4) is 11.1 Å². The van der Waals surface area contributed by atoms with Gasteiger partial charge in [-0.1, -0.05) is 48.5 Å². The topological polar surface area (TPSA) is 105 Å². The molecule has 1 saturated heterocycles. The lowest BCUT2D eigenvalue weighted by Crippen LogP contribution is -2.52. The molecule has 1 aliphatic heterocycles. The third kappa shape index (κ3) is 4.92. The molecule has 8 nitrogen and oxygen atoms in total. The monoisotopic (exact) mass is 466 g/mol. The Labute approximate surface area is 198 Å². The van der Waals surface area contributed by atoms with E-state index in [1.165, 1.54) is 12.0 Å². The van der Waals surface area contributed by atoms with Gasteiger partial charge in [0.25, 0.3) is 5.91 Å². The molecule has 1 heterocycles. The van der Waals surface area contributed by atoms with Crippen LogP contribution in [0.3, 0.4) is 0 Å². The number of carbonyl (C=O) groups excluding carboxylic acids is 2. The molecule has 2 N–H and O–H groups in total. The zero-order chi connectivity index (χ0) is 24.1. The molecule has 0 radical (unpaired) electrons. The molecule has 0 spiro atoms. The van der Waals surface area contributed by atoms with Crippen molar-refractivity contribution in [2.24, 2.45) is 0 Å². The number of amides is 2. The summed E-state index contributed by atoms with van der Waals surface area (Å²) in [5.41, 5.74) is 4.59. The van der Waals surface area contributed by atoms with Gasteiger partial charge in [0, 0.05) is 32.5 Å². The molecule has 34 heavy (non-hydrogen) atoms. The van der Waals surface area contributed by atoms with Crippen molar-refractivity contribution in [3.05, 3.63) is 59.7 Å². The van der Waals surface area contributed by atoms with E-state index in [0.717, 1.165) is 35.1 Å². The Kier molecular flexibility index (Phi) is 7.47. The Morgan fingerprint density at radius 3 is 2.32 bits per heavy atom. The van der Waals surface area contributed by atoms with Crippen LogP contribution in [0.1, 0.15) is 42.7 Å². The lowest BCUT2D eigenvalue weighted by atomic mass is 9.98. The van der Waals surface area contributed by atoms with E-state index in [-0.39, 0.29) is 31.4 Å². The molecule has 4 rings (SSSR count). The Bertz CT molecular complexity index is 1010. The van der Waals surface area contributed by atoms with E-state index in [9.17, 15) is 19.5 Å². The highest BCUT2D eigenvalue weighted by atomic mass is 16.5. The molecular weight excluding hydrogens is 436 g/mol. The van der Waals surface area contributed by atoms with E-state index >= 15 is 0 Å². The quantitative estimate of drug-likeness (QED) is 0.618. The first kappa shape index (κ1) is 23.8. The van der Waals surface area contributed by atoms with Crippen molar-refractivity contribution in [3.63, 3.8) is 0 Å². The summed E-state index contributed by atoms with van der Waals surface area (Å²) < 4.78 is 10.8. The zero-order valence-corrected chi connectivity index (χ0v) is 19.2. The van der Waals surface area contributed by atoms with Gasteiger partial charge >= 0.3 is 12.1 Å². The highest BCUT2D eigenvalue weighted by Crippen LogP contribution is 2.44. The molecule has 0 saturated carbocycles. The summed E-state index contributed by atoms with van der Waals surface area (Å²) in [5, 5.41) is 12.1. The van der Waals surface area contributed by atoms with E-state index in [1.807, 2.05) is 24.3 Å². The van der Waals surface area contributed by atoms with Gasteiger partial charge in [-0.05, 0) is 41.5 Å². The van der Waals surface area contributed by atoms with Crippen LogP contribution in [-0.2, 0) is 19.1 Å². The molecule has 0 bridgehead atoms. The number of nitrogens with zero attached hydrogens (tertiary/aromatic N) is 1. The van der Waals surface area contributed by atoms with Crippen molar-refractivity contribution in [1.82, 2.24) is 10.2 Å². The molecule has 8 heteroatoms. The fraction of sp³-hybridized carbons (Fsp3) is 0.423. The van der Waals surface area contributed by atoms with Gasteiger partial charge in [0.2, 0.25) is 0 Å². The van der Waals surface area contributed by atoms with Gasteiger partial charge in [0.15, 0.2) is 0 Å². The second-order valence-electron chi connectivity index (χ2n) is 8.65. The summed E-state index contributed by atoms with van der Waals surface area (Å²) in [6, 6.07) is 15.4. The molecule has 1 fully saturated rings. The number of hydrogen-bond donors (Lipinski definition) is 2. The Morgan fingerprint density at radius 2 is 1.71 bits per heavy atom. The summed E-state index contributed by atoms with van der Waals surface area (Å²) in [7, 11) is 1.41. The first-order chi connectivity index (χ1) is 16.5. The van der Waals surface area contributed by atoms with Crippen LogP contribution in [0.4, 0.5) is 4.79 Å². The number of ether oxygens (including phenoxy) is 2. The number of hydrogen-bond acceptors (Lipinski definition) is 5. The maximum Gasteiger partial charge on any atom is 0.407 e. The number of likely N-dealkylation sites (tertiary alicyclic amines) is 1. The van der Waals surface area contributed by atoms with Crippen LogP contribution >= 0.6 is 0 Å². The van der Waals surface area contributed by atoms with Gasteiger partial charge in [-0.3, -0.25) is 4.79 Å². The second kappa shape index (κ2) is 10.7. The van der Waals surface area contributed by atoms with E-state index in [4.69, 9.17) is 9.47 Å². The summed E-state index contributed by atoms with van der Waals surface area (Å²) in [5.74, 6) is -1.39. The first-order valence-electron chi connectivity index (χ1n) is 11.7. The number of carboxylic acid groups (broad SMARTS) is 1. The smallest absolute Gasteiger partial charge is 0.407 e. The van der Waals surface area contributed by atoms with Gasteiger partial charge < -0.3 is 24.8 Å². The van der Waals surface area contributed by atoms with Gasteiger partial charge in [-0.25, -0.2) is 9.59 Å². The first-order valence-corrected chi connectivity index (χ1v) is 11.7. The molecular formula is C26H30N2O6. The van der Waals surface area contributed by atoms with Crippen LogP contribution in [0.15, 0.2) is 48.5 Å². The van der Waals surface area contributed by atoms with Crippen molar-refractivity contribution >= 4 is 18.0 Å². The number of benzene rings is 2. The van der Waals surface area contributed by atoms with Crippen LogP contribution in [0.25, 0.3) is 11.1 Å². The fourth-order valence-corrected chi connectivity index (χ4v) is 4.93. The summed E-state index contributed by atoms with van der Waals surface area (Å²) in [4.78, 5) is 38.1. The number of nitrogens with one attached hydrogen (secondary N) is 1. The average Bonchev–Trinajstić information content (AvgIpc) is 3.18. The normalized spacial score (nSPS) is 18.0. The highest BCUT2D eigenvalue weighted by Gasteiger charge is 2.35. The average molecular weight is 467 g/mol. The largest absolute Gasteiger partial charge is 0.480 e. The van der Waals surface area contributed by atoms with Crippen LogP contribution < -0.4 is 5.32 Å². The minimum Gasteiger partial charge on any atom is -0.480 e. The number of fused-ring (bicyclic) bond motifs is 3. The van der Waals surface area contributed by atoms with Crippen molar-refractivity contribution in [2.75, 3.05) is 26.8 Å². The standard InChI is InChI=1S/C26H30N2O6/c1-33-23(24(29)28-15-7-6-12-22(28)25(30)31)13-14-27-26(32)34-16-21-19-10-4-2-8-17(19)18-9-3-5-11-20(18)21/h2-5,8-11,21-23H,6-7,12-16H2,1H3,(H,27,32)(H,30,31)/t22-,23?/m1/s1. The lowest BCUT2D eigenvalue weighted by molar-refractivity contribution is -0.157. The molecule has 2 aromatic rings. The van der Waals surface area contributed by atoms with Crippen LogP contribution in [0, 0.1) is 0 Å². The van der Waals surface area contributed by atoms with E-state index in [1.54, 1.807) is 0 Å². The van der Waals surface area contributed by atoms with Gasteiger partial charge in [0.1, 0.15) is 18.8 Å². The number of alkyl carbamates (subject to hydrolysis) is 1. The summed E-state index contributed by atoms with van der Waals surface area (Å²) >= 11 is 0. The van der Waals surface area contributed by atoms with Gasteiger partial charge in [-0.15, -0.1) is 0 Å². The Balaban J connectivity index is 1.29. The molecule has 2 amide bonds. The number of aliphatic carboxylic acids is 1. The predicted octanol–water partition coefficient (Wildman–Crippen LogP) is 3.40. The van der Waals surface area contributed by atoms with E-state index in [2.05, 4.69) is 29.6 Å². The van der Waals surface area contributed by atoms with Crippen LogP contribution in [0.5, 0.6) is 0 Å². The minimum absolute atomic E-state index is 0.0292. The third-order valence-electron chi connectivity index (χ3n) is 6.65.